The fourth-order valence-electron chi connectivity index (χ4n) is 5.08. The van der Waals surface area contributed by atoms with Gasteiger partial charge in [0.15, 0.2) is 0 Å². The summed E-state index contributed by atoms with van der Waals surface area (Å²) < 4.78 is 0. The SMILES string of the molecule is O=C(N[C@H]1CCCC[C@H]1NC(=O)c1ccc2c(Cl)c[nH]c2c1)c1ccc(N2CCCCC2=O)cc1. The molecule has 1 saturated carbocycles. The number of anilines is 1. The molecular formula is C27H29ClN4O3. The lowest BCUT2D eigenvalue weighted by Crippen LogP contribution is -2.53. The Balaban J connectivity index is 1.24. The van der Waals surface area contributed by atoms with E-state index in [1.54, 1.807) is 35.4 Å². The number of benzene rings is 2. The second-order valence-corrected chi connectivity index (χ2v) is 9.80. The zero-order valence-electron chi connectivity index (χ0n) is 19.5. The zero-order chi connectivity index (χ0) is 24.4. The summed E-state index contributed by atoms with van der Waals surface area (Å²) in [4.78, 5) is 43.0. The summed E-state index contributed by atoms with van der Waals surface area (Å²) in [5.74, 6) is -0.206. The molecule has 2 fully saturated rings. The molecule has 0 unspecified atom stereocenters. The van der Waals surface area contributed by atoms with Crippen molar-refractivity contribution in [3.05, 3.63) is 64.8 Å². The highest BCUT2D eigenvalue weighted by Gasteiger charge is 2.29. The number of carbonyl (C=O) groups excluding carboxylic acids is 3. The van der Waals surface area contributed by atoms with Gasteiger partial charge in [0.1, 0.15) is 0 Å². The first-order valence-corrected chi connectivity index (χ1v) is 12.7. The molecule has 2 heterocycles. The Bertz CT molecular complexity index is 1250. The summed E-state index contributed by atoms with van der Waals surface area (Å²) in [7, 11) is 0. The van der Waals surface area contributed by atoms with Crippen LogP contribution in [0.3, 0.4) is 0 Å². The average Bonchev–Trinajstić information content (AvgIpc) is 3.25. The van der Waals surface area contributed by atoms with Gasteiger partial charge in [0.2, 0.25) is 5.91 Å². The van der Waals surface area contributed by atoms with Crippen molar-refractivity contribution in [2.24, 2.45) is 0 Å². The number of aromatic amines is 1. The smallest absolute Gasteiger partial charge is 0.251 e. The van der Waals surface area contributed by atoms with Crippen molar-refractivity contribution < 1.29 is 14.4 Å². The summed E-state index contributed by atoms with van der Waals surface area (Å²) in [6.07, 6.45) is 7.83. The van der Waals surface area contributed by atoms with E-state index in [4.69, 9.17) is 11.6 Å². The molecule has 3 N–H and O–H groups in total. The fraction of sp³-hybridized carbons (Fsp3) is 0.370. The third kappa shape index (κ3) is 5.05. The van der Waals surface area contributed by atoms with Gasteiger partial charge in [0.25, 0.3) is 11.8 Å². The standard InChI is InChI=1S/C27H29ClN4O3/c28-21-16-29-24-15-18(10-13-20(21)24)27(35)31-23-6-2-1-5-22(23)30-26(34)17-8-11-19(12-9-17)32-14-4-3-7-25(32)33/h8-13,15-16,22-23,29H,1-7,14H2,(H,30,34)(H,31,35)/t22-,23+/m0/s1. The van der Waals surface area contributed by atoms with Crippen molar-refractivity contribution in [2.75, 3.05) is 11.4 Å². The Kier molecular flexibility index (Phi) is 6.77. The third-order valence-corrected chi connectivity index (χ3v) is 7.37. The highest BCUT2D eigenvalue weighted by atomic mass is 35.5. The van der Waals surface area contributed by atoms with Crippen LogP contribution in [0.15, 0.2) is 48.7 Å². The number of halogens is 1. The van der Waals surface area contributed by atoms with Gasteiger partial charge in [-0.15, -0.1) is 0 Å². The minimum atomic E-state index is -0.171. The first-order valence-electron chi connectivity index (χ1n) is 12.3. The second kappa shape index (κ2) is 10.1. The molecule has 0 bridgehead atoms. The maximum Gasteiger partial charge on any atom is 0.251 e. The molecular weight excluding hydrogens is 464 g/mol. The lowest BCUT2D eigenvalue weighted by atomic mass is 9.89. The molecule has 7 nitrogen and oxygen atoms in total. The van der Waals surface area contributed by atoms with E-state index in [-0.39, 0.29) is 29.8 Å². The van der Waals surface area contributed by atoms with Gasteiger partial charge in [0.05, 0.1) is 5.02 Å². The number of fused-ring (bicyclic) bond motifs is 1. The first-order chi connectivity index (χ1) is 17.0. The third-order valence-electron chi connectivity index (χ3n) is 7.06. The number of carbonyl (C=O) groups is 3. The number of amides is 3. The number of nitrogens with one attached hydrogen (secondary N) is 3. The summed E-state index contributed by atoms with van der Waals surface area (Å²) in [5, 5.41) is 7.75. The predicted octanol–water partition coefficient (Wildman–Crippen LogP) is 4.81. The molecule has 0 radical (unpaired) electrons. The molecule has 5 rings (SSSR count). The fourth-order valence-corrected chi connectivity index (χ4v) is 5.30. The van der Waals surface area contributed by atoms with Gasteiger partial charge in [-0.2, -0.15) is 0 Å². The van der Waals surface area contributed by atoms with Crippen LogP contribution >= 0.6 is 11.6 Å². The van der Waals surface area contributed by atoms with Gasteiger partial charge in [-0.1, -0.05) is 30.5 Å². The van der Waals surface area contributed by atoms with Crippen LogP contribution in [0.25, 0.3) is 10.9 Å². The Hall–Kier alpha value is -3.32. The lowest BCUT2D eigenvalue weighted by molar-refractivity contribution is -0.119. The van der Waals surface area contributed by atoms with E-state index in [1.165, 1.54) is 0 Å². The van der Waals surface area contributed by atoms with Gasteiger partial charge >= 0.3 is 0 Å². The lowest BCUT2D eigenvalue weighted by Gasteiger charge is -2.33. The minimum absolute atomic E-state index is 0.132. The molecule has 35 heavy (non-hydrogen) atoms. The largest absolute Gasteiger partial charge is 0.360 e. The van der Waals surface area contributed by atoms with Crippen molar-refractivity contribution in [3.63, 3.8) is 0 Å². The normalized spacial score (nSPS) is 20.6. The highest BCUT2D eigenvalue weighted by Crippen LogP contribution is 2.25. The Morgan fingerprint density at radius 2 is 1.54 bits per heavy atom. The van der Waals surface area contributed by atoms with E-state index < -0.39 is 0 Å². The molecule has 1 aromatic heterocycles. The number of rotatable bonds is 5. The van der Waals surface area contributed by atoms with Crippen molar-refractivity contribution in [2.45, 2.75) is 57.0 Å². The van der Waals surface area contributed by atoms with Crippen molar-refractivity contribution in [1.29, 1.82) is 0 Å². The van der Waals surface area contributed by atoms with Crippen LogP contribution in [-0.4, -0.2) is 41.3 Å². The van der Waals surface area contributed by atoms with Gasteiger partial charge in [0, 0.05) is 59.0 Å². The number of nitrogens with zero attached hydrogens (tertiary/aromatic N) is 1. The van der Waals surface area contributed by atoms with Crippen molar-refractivity contribution >= 4 is 45.9 Å². The molecule has 1 aliphatic carbocycles. The number of hydrogen-bond acceptors (Lipinski definition) is 3. The van der Waals surface area contributed by atoms with E-state index in [1.807, 2.05) is 18.2 Å². The maximum absolute atomic E-state index is 13.0. The van der Waals surface area contributed by atoms with Gasteiger partial charge in [-0.25, -0.2) is 0 Å². The average molecular weight is 493 g/mol. The van der Waals surface area contributed by atoms with E-state index in [2.05, 4.69) is 15.6 Å². The summed E-state index contributed by atoms with van der Waals surface area (Å²) in [6.45, 7) is 0.720. The number of H-pyrrole nitrogens is 1. The molecule has 3 amide bonds. The molecule has 8 heteroatoms. The second-order valence-electron chi connectivity index (χ2n) is 9.39. The van der Waals surface area contributed by atoms with Crippen LogP contribution in [0.2, 0.25) is 5.02 Å². The quantitative estimate of drug-likeness (QED) is 0.477. The van der Waals surface area contributed by atoms with E-state index in [0.717, 1.165) is 61.7 Å². The number of aromatic nitrogens is 1. The van der Waals surface area contributed by atoms with Crippen LogP contribution in [0.5, 0.6) is 0 Å². The topological polar surface area (TPSA) is 94.3 Å². The Morgan fingerprint density at radius 1 is 0.886 bits per heavy atom. The molecule has 3 aromatic rings. The van der Waals surface area contributed by atoms with Gasteiger partial charge in [-0.3, -0.25) is 14.4 Å². The van der Waals surface area contributed by atoms with E-state index in [0.29, 0.717) is 22.6 Å². The molecule has 0 spiro atoms. The van der Waals surface area contributed by atoms with Crippen LogP contribution < -0.4 is 15.5 Å². The van der Waals surface area contributed by atoms with Gasteiger partial charge in [-0.05, 0) is 62.1 Å². The monoisotopic (exact) mass is 492 g/mol. The maximum atomic E-state index is 13.0. The molecule has 2 atom stereocenters. The Labute approximate surface area is 209 Å². The number of hydrogen-bond donors (Lipinski definition) is 3. The molecule has 2 aliphatic rings. The van der Waals surface area contributed by atoms with Crippen LogP contribution in [0.1, 0.15) is 65.7 Å². The Morgan fingerprint density at radius 3 is 2.23 bits per heavy atom. The predicted molar refractivity (Wildman–Crippen MR) is 137 cm³/mol. The summed E-state index contributed by atoms with van der Waals surface area (Å²) >= 11 is 6.14. The van der Waals surface area contributed by atoms with Crippen molar-refractivity contribution in [3.8, 4) is 0 Å². The van der Waals surface area contributed by atoms with E-state index >= 15 is 0 Å². The highest BCUT2D eigenvalue weighted by molar-refractivity contribution is 6.35. The minimum Gasteiger partial charge on any atom is -0.360 e. The summed E-state index contributed by atoms with van der Waals surface area (Å²) in [6, 6.07) is 12.3. The molecule has 2 aromatic carbocycles. The summed E-state index contributed by atoms with van der Waals surface area (Å²) in [5.41, 5.74) is 2.73. The molecule has 182 valence electrons. The first kappa shape index (κ1) is 23.4. The van der Waals surface area contributed by atoms with Gasteiger partial charge < -0.3 is 20.5 Å². The van der Waals surface area contributed by atoms with Crippen molar-refractivity contribution in [1.82, 2.24) is 15.6 Å². The van der Waals surface area contributed by atoms with E-state index in [9.17, 15) is 14.4 Å². The van der Waals surface area contributed by atoms with Crippen LogP contribution in [-0.2, 0) is 4.79 Å². The van der Waals surface area contributed by atoms with Crippen LogP contribution in [0.4, 0.5) is 5.69 Å². The van der Waals surface area contributed by atoms with Crippen LogP contribution in [0, 0.1) is 0 Å². The number of piperidine rings is 1. The zero-order valence-corrected chi connectivity index (χ0v) is 20.2. The molecule has 1 aliphatic heterocycles. The molecule has 1 saturated heterocycles.